The first kappa shape index (κ1) is 20.6. The number of hydrogen-bond donors (Lipinski definition) is 1. The van der Waals surface area contributed by atoms with E-state index in [2.05, 4.69) is 4.84 Å². The van der Waals surface area contributed by atoms with Crippen molar-refractivity contribution in [1.82, 2.24) is 0 Å². The molecule has 0 saturated carbocycles. The number of carbonyl (C=O) groups excluding carboxylic acids is 1. The quantitative estimate of drug-likeness (QED) is 0.710. The second kappa shape index (κ2) is 8.30. The summed E-state index contributed by atoms with van der Waals surface area (Å²) in [5.41, 5.74) is 6.22. The summed E-state index contributed by atoms with van der Waals surface area (Å²) in [5, 5.41) is 0.794. The summed E-state index contributed by atoms with van der Waals surface area (Å²) < 4.78 is 45.6. The summed E-state index contributed by atoms with van der Waals surface area (Å²) in [7, 11) is 0. The van der Waals surface area contributed by atoms with Gasteiger partial charge in [-0.05, 0) is 63.1 Å². The van der Waals surface area contributed by atoms with Crippen molar-refractivity contribution in [2.24, 2.45) is 5.73 Å². The van der Waals surface area contributed by atoms with Crippen LogP contribution in [0.25, 0.3) is 0 Å². The lowest BCUT2D eigenvalue weighted by molar-refractivity contribution is -0.129. The molecule has 0 heterocycles. The molecule has 2 N–H and O–H groups in total. The van der Waals surface area contributed by atoms with Crippen LogP contribution in [0.3, 0.4) is 0 Å². The van der Waals surface area contributed by atoms with Crippen LogP contribution in [0.1, 0.15) is 35.3 Å². The van der Waals surface area contributed by atoms with Crippen molar-refractivity contribution < 1.29 is 27.5 Å². The molecule has 146 valence electrons. The average molecular weight is 382 g/mol. The van der Waals surface area contributed by atoms with Gasteiger partial charge < -0.3 is 10.5 Å². The van der Waals surface area contributed by atoms with Crippen LogP contribution in [0.2, 0.25) is 0 Å². The SMILES string of the molecule is Cc1cc(F)cc(C)c1N(OC(F)F)c1cccc(OC(C)C)c1C(N)=O. The zero-order valence-electron chi connectivity index (χ0n) is 15.4. The van der Waals surface area contributed by atoms with Gasteiger partial charge in [0.1, 0.15) is 17.1 Å². The monoisotopic (exact) mass is 382 g/mol. The van der Waals surface area contributed by atoms with E-state index in [0.717, 1.165) is 5.06 Å². The van der Waals surface area contributed by atoms with Crippen LogP contribution < -0.4 is 15.5 Å². The third-order valence-electron chi connectivity index (χ3n) is 3.68. The van der Waals surface area contributed by atoms with Crippen molar-refractivity contribution in [3.8, 4) is 5.75 Å². The van der Waals surface area contributed by atoms with Gasteiger partial charge in [-0.15, -0.1) is 0 Å². The fourth-order valence-corrected chi connectivity index (χ4v) is 2.82. The molecule has 0 aliphatic heterocycles. The van der Waals surface area contributed by atoms with Gasteiger partial charge in [0.25, 0.3) is 5.91 Å². The summed E-state index contributed by atoms with van der Waals surface area (Å²) in [4.78, 5) is 16.8. The Labute approximate surface area is 155 Å². The van der Waals surface area contributed by atoms with Crippen LogP contribution in [0.4, 0.5) is 24.5 Å². The Morgan fingerprint density at radius 3 is 2.22 bits per heavy atom. The van der Waals surface area contributed by atoms with E-state index >= 15 is 0 Å². The van der Waals surface area contributed by atoms with E-state index in [1.54, 1.807) is 27.7 Å². The lowest BCUT2D eigenvalue weighted by Crippen LogP contribution is -2.27. The topological polar surface area (TPSA) is 64.8 Å². The predicted molar refractivity (Wildman–Crippen MR) is 95.8 cm³/mol. The van der Waals surface area contributed by atoms with E-state index in [0.29, 0.717) is 11.1 Å². The van der Waals surface area contributed by atoms with Crippen LogP contribution in [0, 0.1) is 19.7 Å². The fourth-order valence-electron chi connectivity index (χ4n) is 2.82. The van der Waals surface area contributed by atoms with E-state index in [4.69, 9.17) is 10.5 Å². The zero-order chi connectivity index (χ0) is 20.3. The molecule has 0 fully saturated rings. The molecule has 0 aliphatic carbocycles. The lowest BCUT2D eigenvalue weighted by atomic mass is 10.1. The molecule has 0 atom stereocenters. The Hall–Kier alpha value is -2.74. The number of aryl methyl sites for hydroxylation is 2. The highest BCUT2D eigenvalue weighted by Gasteiger charge is 2.27. The molecule has 5 nitrogen and oxygen atoms in total. The maximum Gasteiger partial charge on any atom is 0.365 e. The van der Waals surface area contributed by atoms with Gasteiger partial charge in [0.2, 0.25) is 0 Å². The maximum absolute atomic E-state index is 13.7. The largest absolute Gasteiger partial charge is 0.490 e. The third-order valence-corrected chi connectivity index (χ3v) is 3.68. The molecular formula is C19H21F3N2O3. The van der Waals surface area contributed by atoms with Crippen LogP contribution in [-0.4, -0.2) is 18.6 Å². The van der Waals surface area contributed by atoms with Gasteiger partial charge >= 0.3 is 6.61 Å². The molecule has 0 unspecified atom stereocenters. The summed E-state index contributed by atoms with van der Waals surface area (Å²) >= 11 is 0. The molecule has 0 aliphatic rings. The fraction of sp³-hybridized carbons (Fsp3) is 0.316. The number of carbonyl (C=O) groups is 1. The highest BCUT2D eigenvalue weighted by molar-refractivity contribution is 6.02. The smallest absolute Gasteiger partial charge is 0.365 e. The Balaban J connectivity index is 2.74. The number of ether oxygens (including phenoxy) is 1. The van der Waals surface area contributed by atoms with Gasteiger partial charge in [0.05, 0.1) is 17.5 Å². The number of hydrogen-bond acceptors (Lipinski definition) is 4. The van der Waals surface area contributed by atoms with Crippen LogP contribution in [0.15, 0.2) is 30.3 Å². The van der Waals surface area contributed by atoms with Crippen molar-refractivity contribution in [3.05, 3.63) is 52.8 Å². The Morgan fingerprint density at radius 1 is 1.15 bits per heavy atom. The number of amides is 1. The van der Waals surface area contributed by atoms with E-state index in [-0.39, 0.29) is 28.8 Å². The number of primary amides is 1. The highest BCUT2D eigenvalue weighted by atomic mass is 19.3. The molecule has 1 amide bonds. The van der Waals surface area contributed by atoms with Crippen molar-refractivity contribution in [1.29, 1.82) is 0 Å². The van der Waals surface area contributed by atoms with Crippen molar-refractivity contribution in [2.75, 3.05) is 5.06 Å². The summed E-state index contributed by atoms with van der Waals surface area (Å²) in [6.07, 6.45) is -0.280. The predicted octanol–water partition coefficient (Wildman–Crippen LogP) is 4.62. The molecule has 0 saturated heterocycles. The summed E-state index contributed by atoms with van der Waals surface area (Å²) in [6.45, 7) is 3.40. The number of halogens is 3. The van der Waals surface area contributed by atoms with Crippen LogP contribution in [-0.2, 0) is 4.84 Å². The number of anilines is 2. The van der Waals surface area contributed by atoms with E-state index < -0.39 is 18.3 Å². The first-order valence-electron chi connectivity index (χ1n) is 8.23. The van der Waals surface area contributed by atoms with E-state index in [9.17, 15) is 18.0 Å². The molecule has 2 aromatic rings. The van der Waals surface area contributed by atoms with Gasteiger partial charge in [-0.1, -0.05) is 6.07 Å². The van der Waals surface area contributed by atoms with Gasteiger partial charge in [-0.3, -0.25) is 4.79 Å². The van der Waals surface area contributed by atoms with E-state index in [1.165, 1.54) is 30.3 Å². The molecule has 2 rings (SSSR count). The second-order valence-corrected chi connectivity index (χ2v) is 6.23. The molecule has 0 aromatic heterocycles. The van der Waals surface area contributed by atoms with Crippen LogP contribution in [0.5, 0.6) is 5.75 Å². The van der Waals surface area contributed by atoms with Crippen molar-refractivity contribution >= 4 is 17.3 Å². The van der Waals surface area contributed by atoms with Crippen LogP contribution >= 0.6 is 0 Å². The van der Waals surface area contributed by atoms with Gasteiger partial charge in [-0.25, -0.2) is 9.45 Å². The number of nitrogens with zero attached hydrogens (tertiary/aromatic N) is 1. The highest BCUT2D eigenvalue weighted by Crippen LogP contribution is 2.38. The Kier molecular flexibility index (Phi) is 6.32. The number of rotatable bonds is 7. The average Bonchev–Trinajstić information content (AvgIpc) is 2.51. The normalized spacial score (nSPS) is 11.1. The number of alkyl halides is 2. The van der Waals surface area contributed by atoms with E-state index in [1.807, 2.05) is 0 Å². The Morgan fingerprint density at radius 2 is 1.74 bits per heavy atom. The number of nitrogens with two attached hydrogens (primary N) is 1. The first-order valence-corrected chi connectivity index (χ1v) is 8.23. The van der Waals surface area contributed by atoms with Gasteiger partial charge in [-0.2, -0.15) is 13.6 Å². The minimum absolute atomic E-state index is 0.0289. The van der Waals surface area contributed by atoms with Crippen molar-refractivity contribution in [2.45, 2.75) is 40.4 Å². The second-order valence-electron chi connectivity index (χ2n) is 6.23. The molecular weight excluding hydrogens is 361 g/mol. The van der Waals surface area contributed by atoms with Crippen molar-refractivity contribution in [3.63, 3.8) is 0 Å². The van der Waals surface area contributed by atoms with Gasteiger partial charge in [0.15, 0.2) is 0 Å². The Bertz CT molecular complexity index is 818. The molecule has 2 aromatic carbocycles. The summed E-state index contributed by atoms with van der Waals surface area (Å²) in [6, 6.07) is 6.80. The minimum atomic E-state index is -3.19. The first-order chi connectivity index (χ1) is 12.6. The summed E-state index contributed by atoms with van der Waals surface area (Å²) in [5.74, 6) is -1.26. The molecule has 27 heavy (non-hydrogen) atoms. The van der Waals surface area contributed by atoms with Gasteiger partial charge in [0, 0.05) is 0 Å². The molecule has 0 spiro atoms. The number of benzene rings is 2. The molecule has 8 heteroatoms. The molecule has 0 bridgehead atoms. The minimum Gasteiger partial charge on any atom is -0.490 e. The maximum atomic E-state index is 13.7. The lowest BCUT2D eigenvalue weighted by Gasteiger charge is -2.28. The molecule has 0 radical (unpaired) electrons. The zero-order valence-corrected chi connectivity index (χ0v) is 15.4. The standard InChI is InChI=1S/C19H21F3N2O3/c1-10(2)26-15-7-5-6-14(16(15)18(23)25)24(27-19(21)22)17-11(3)8-13(20)9-12(17)4/h5-10,19H,1-4H3,(H2,23,25). The third kappa shape index (κ3) is 4.71.